The summed E-state index contributed by atoms with van der Waals surface area (Å²) >= 11 is 3.81. The fourth-order valence-corrected chi connectivity index (χ4v) is 4.09. The fourth-order valence-electron chi connectivity index (χ4n) is 3.29. The predicted molar refractivity (Wildman–Crippen MR) is 100 cm³/mol. The summed E-state index contributed by atoms with van der Waals surface area (Å²) in [4.78, 5) is 0. The SMILES string of the molecule is COc1ccc2ccccc2c1-c1c(Br)c2ccccc2n1C. The van der Waals surface area contributed by atoms with E-state index in [0.29, 0.717) is 0 Å². The van der Waals surface area contributed by atoms with Crippen molar-refractivity contribution in [2.45, 2.75) is 0 Å². The fraction of sp³-hybridized carbons (Fsp3) is 0.100. The summed E-state index contributed by atoms with van der Waals surface area (Å²) in [6, 6.07) is 21.0. The van der Waals surface area contributed by atoms with Crippen LogP contribution in [0.4, 0.5) is 0 Å². The molecule has 0 bridgehead atoms. The first-order valence-electron chi connectivity index (χ1n) is 7.51. The van der Waals surface area contributed by atoms with Crippen LogP contribution in [-0.4, -0.2) is 11.7 Å². The van der Waals surface area contributed by atoms with Crippen molar-refractivity contribution < 1.29 is 4.74 Å². The molecular formula is C20H16BrNO. The molecule has 0 atom stereocenters. The van der Waals surface area contributed by atoms with Crippen LogP contribution in [0.15, 0.2) is 65.1 Å². The van der Waals surface area contributed by atoms with Gasteiger partial charge in [-0.05, 0) is 38.8 Å². The van der Waals surface area contributed by atoms with E-state index < -0.39 is 0 Å². The second-order valence-corrected chi connectivity index (χ2v) is 6.40. The molecule has 114 valence electrons. The minimum absolute atomic E-state index is 0.885. The normalized spacial score (nSPS) is 11.3. The summed E-state index contributed by atoms with van der Waals surface area (Å²) in [5.74, 6) is 0.885. The number of para-hydroxylation sites is 1. The zero-order valence-corrected chi connectivity index (χ0v) is 14.6. The minimum atomic E-state index is 0.885. The maximum atomic E-state index is 5.68. The first-order chi connectivity index (χ1) is 11.2. The van der Waals surface area contributed by atoms with E-state index in [4.69, 9.17) is 4.74 Å². The molecule has 0 spiro atoms. The third kappa shape index (κ3) is 2.07. The molecule has 0 fully saturated rings. The van der Waals surface area contributed by atoms with Crippen LogP contribution >= 0.6 is 15.9 Å². The highest BCUT2D eigenvalue weighted by Crippen LogP contribution is 2.44. The highest BCUT2D eigenvalue weighted by atomic mass is 79.9. The number of methoxy groups -OCH3 is 1. The van der Waals surface area contributed by atoms with Gasteiger partial charge in [-0.3, -0.25) is 0 Å². The number of aromatic nitrogens is 1. The Morgan fingerprint density at radius 3 is 2.30 bits per heavy atom. The Morgan fingerprint density at radius 1 is 0.870 bits per heavy atom. The zero-order chi connectivity index (χ0) is 16.0. The van der Waals surface area contributed by atoms with Crippen molar-refractivity contribution in [3.63, 3.8) is 0 Å². The molecule has 1 aromatic heterocycles. The van der Waals surface area contributed by atoms with Crippen molar-refractivity contribution in [2.24, 2.45) is 7.05 Å². The molecule has 0 aliphatic heterocycles. The van der Waals surface area contributed by atoms with Crippen molar-refractivity contribution in [1.29, 1.82) is 0 Å². The van der Waals surface area contributed by atoms with Gasteiger partial charge in [-0.1, -0.05) is 48.5 Å². The summed E-state index contributed by atoms with van der Waals surface area (Å²) in [7, 11) is 3.83. The molecule has 0 amide bonds. The van der Waals surface area contributed by atoms with E-state index in [9.17, 15) is 0 Å². The molecule has 0 saturated heterocycles. The molecule has 0 N–H and O–H groups in total. The van der Waals surface area contributed by atoms with Gasteiger partial charge in [-0.2, -0.15) is 0 Å². The monoisotopic (exact) mass is 365 g/mol. The smallest absolute Gasteiger partial charge is 0.128 e. The van der Waals surface area contributed by atoms with Gasteiger partial charge in [0.05, 0.1) is 17.3 Å². The molecule has 2 nitrogen and oxygen atoms in total. The van der Waals surface area contributed by atoms with E-state index in [-0.39, 0.29) is 0 Å². The van der Waals surface area contributed by atoms with Gasteiger partial charge < -0.3 is 9.30 Å². The van der Waals surface area contributed by atoms with Gasteiger partial charge in [-0.15, -0.1) is 0 Å². The average molecular weight is 366 g/mol. The van der Waals surface area contributed by atoms with Crippen LogP contribution in [-0.2, 0) is 7.05 Å². The quantitative estimate of drug-likeness (QED) is 0.439. The Morgan fingerprint density at radius 2 is 1.57 bits per heavy atom. The Kier molecular flexibility index (Phi) is 3.38. The number of benzene rings is 3. The van der Waals surface area contributed by atoms with Crippen molar-refractivity contribution in [2.75, 3.05) is 7.11 Å². The maximum Gasteiger partial charge on any atom is 0.128 e. The third-order valence-electron chi connectivity index (χ3n) is 4.39. The third-order valence-corrected chi connectivity index (χ3v) is 5.20. The van der Waals surface area contributed by atoms with Crippen LogP contribution in [0.25, 0.3) is 32.9 Å². The molecule has 4 rings (SSSR count). The second-order valence-electron chi connectivity index (χ2n) is 5.60. The number of fused-ring (bicyclic) bond motifs is 2. The lowest BCUT2D eigenvalue weighted by Crippen LogP contribution is -1.96. The van der Waals surface area contributed by atoms with Crippen LogP contribution in [0, 0.1) is 0 Å². The van der Waals surface area contributed by atoms with Gasteiger partial charge in [0.1, 0.15) is 5.75 Å². The van der Waals surface area contributed by atoms with Crippen LogP contribution in [0.2, 0.25) is 0 Å². The molecule has 0 unspecified atom stereocenters. The lowest BCUT2D eigenvalue weighted by molar-refractivity contribution is 0.416. The molecule has 0 radical (unpaired) electrons. The number of hydrogen-bond acceptors (Lipinski definition) is 1. The van der Waals surface area contributed by atoms with E-state index in [1.54, 1.807) is 7.11 Å². The van der Waals surface area contributed by atoms with Crippen LogP contribution in [0.1, 0.15) is 0 Å². The Hall–Kier alpha value is -2.26. The average Bonchev–Trinajstić information content (AvgIpc) is 2.85. The molecular weight excluding hydrogens is 350 g/mol. The summed E-state index contributed by atoms with van der Waals surface area (Å²) < 4.78 is 9.01. The summed E-state index contributed by atoms with van der Waals surface area (Å²) in [5.41, 5.74) is 3.46. The maximum absolute atomic E-state index is 5.68. The predicted octanol–water partition coefficient (Wildman–Crippen LogP) is 5.77. The molecule has 23 heavy (non-hydrogen) atoms. The van der Waals surface area contributed by atoms with Crippen molar-refractivity contribution in [3.8, 4) is 17.0 Å². The van der Waals surface area contributed by atoms with Crippen molar-refractivity contribution >= 4 is 37.6 Å². The largest absolute Gasteiger partial charge is 0.496 e. The van der Waals surface area contributed by atoms with Gasteiger partial charge in [0, 0.05) is 23.5 Å². The van der Waals surface area contributed by atoms with E-state index >= 15 is 0 Å². The standard InChI is InChI=1S/C20H16BrNO/c1-22-16-10-6-5-9-15(16)19(21)20(22)18-14-8-4-3-7-13(14)11-12-17(18)23-2/h3-12H,1-2H3. The van der Waals surface area contributed by atoms with Crippen LogP contribution in [0.5, 0.6) is 5.75 Å². The topological polar surface area (TPSA) is 14.2 Å². The van der Waals surface area contributed by atoms with Gasteiger partial charge in [0.15, 0.2) is 0 Å². The van der Waals surface area contributed by atoms with E-state index in [2.05, 4.69) is 82.1 Å². The molecule has 3 heteroatoms. The van der Waals surface area contributed by atoms with E-state index in [1.165, 1.54) is 21.7 Å². The van der Waals surface area contributed by atoms with Gasteiger partial charge in [0.25, 0.3) is 0 Å². The molecule has 3 aromatic carbocycles. The van der Waals surface area contributed by atoms with Gasteiger partial charge in [-0.25, -0.2) is 0 Å². The second kappa shape index (κ2) is 5.43. The van der Waals surface area contributed by atoms with Crippen LogP contribution < -0.4 is 4.74 Å². The first-order valence-corrected chi connectivity index (χ1v) is 8.30. The molecule has 1 heterocycles. The molecule has 4 aromatic rings. The molecule has 0 aliphatic carbocycles. The Bertz CT molecular complexity index is 994. The Labute approximate surface area is 143 Å². The van der Waals surface area contributed by atoms with E-state index in [0.717, 1.165) is 21.5 Å². The molecule has 0 saturated carbocycles. The highest BCUT2D eigenvalue weighted by Gasteiger charge is 2.19. The molecule has 0 aliphatic rings. The van der Waals surface area contributed by atoms with Crippen molar-refractivity contribution in [3.05, 3.63) is 65.1 Å². The summed E-state index contributed by atoms with van der Waals surface area (Å²) in [5, 5.41) is 3.61. The number of rotatable bonds is 2. The van der Waals surface area contributed by atoms with E-state index in [1.807, 2.05) is 6.07 Å². The number of hydrogen-bond donors (Lipinski definition) is 0. The van der Waals surface area contributed by atoms with Crippen molar-refractivity contribution in [1.82, 2.24) is 4.57 Å². The van der Waals surface area contributed by atoms with Gasteiger partial charge >= 0.3 is 0 Å². The lowest BCUT2D eigenvalue weighted by atomic mass is 10.0. The number of aryl methyl sites for hydroxylation is 1. The number of halogens is 1. The van der Waals surface area contributed by atoms with Gasteiger partial charge in [0.2, 0.25) is 0 Å². The summed E-state index contributed by atoms with van der Waals surface area (Å²) in [6.45, 7) is 0. The Balaban J connectivity index is 2.18. The van der Waals surface area contributed by atoms with Crippen LogP contribution in [0.3, 0.4) is 0 Å². The zero-order valence-electron chi connectivity index (χ0n) is 13.0. The lowest BCUT2D eigenvalue weighted by Gasteiger charge is -2.14. The number of ether oxygens (including phenoxy) is 1. The highest BCUT2D eigenvalue weighted by molar-refractivity contribution is 9.10. The first kappa shape index (κ1) is 14.3. The number of nitrogens with zero attached hydrogens (tertiary/aromatic N) is 1. The minimum Gasteiger partial charge on any atom is -0.496 e. The summed E-state index contributed by atoms with van der Waals surface area (Å²) in [6.07, 6.45) is 0.